The van der Waals surface area contributed by atoms with E-state index in [1.54, 1.807) is 0 Å². The van der Waals surface area contributed by atoms with E-state index in [9.17, 15) is 0 Å². The second-order valence-electron chi connectivity index (χ2n) is 12.8. The quantitative estimate of drug-likeness (QED) is 0.146. The van der Waals surface area contributed by atoms with E-state index >= 15 is 0 Å². The first-order valence-corrected chi connectivity index (χ1v) is 15.0. The fourth-order valence-electron chi connectivity index (χ4n) is 5.59. The molecule has 216 valence electrons. The second kappa shape index (κ2) is 13.4. The number of hydrogen-bond donors (Lipinski definition) is 0. The normalized spacial score (nSPS) is 12.9. The third-order valence-corrected chi connectivity index (χ3v) is 8.71. The molecule has 0 fully saturated rings. The minimum absolute atomic E-state index is 0. The number of fused-ring (bicyclic) bond motifs is 3. The summed E-state index contributed by atoms with van der Waals surface area (Å²) in [6, 6.07) is 35.1. The van der Waals surface area contributed by atoms with Crippen LogP contribution < -0.4 is 0 Å². The van der Waals surface area contributed by atoms with Crippen LogP contribution >= 0.6 is 0 Å². The van der Waals surface area contributed by atoms with Crippen LogP contribution in [-0.4, -0.2) is 3.81 Å². The van der Waals surface area contributed by atoms with Crippen molar-refractivity contribution in [3.63, 3.8) is 0 Å². The molecule has 0 bridgehead atoms. The van der Waals surface area contributed by atoms with Crippen LogP contribution in [0.25, 0.3) is 21.5 Å². The molecule has 0 N–H and O–H groups in total. The zero-order valence-electron chi connectivity index (χ0n) is 26.6. The van der Waals surface area contributed by atoms with Gasteiger partial charge in [-0.25, -0.2) is 0 Å². The summed E-state index contributed by atoms with van der Waals surface area (Å²) in [5, 5.41) is 5.54. The van der Waals surface area contributed by atoms with E-state index < -0.39 is 0 Å². The number of rotatable bonds is 3. The van der Waals surface area contributed by atoms with Crippen LogP contribution in [0.2, 0.25) is 0 Å². The van der Waals surface area contributed by atoms with Gasteiger partial charge in [0.05, 0.1) is 0 Å². The van der Waals surface area contributed by atoms with Crippen molar-refractivity contribution in [3.05, 3.63) is 164 Å². The number of allylic oxidation sites excluding steroid dienone is 4. The summed E-state index contributed by atoms with van der Waals surface area (Å²) < 4.78 is 1.33. The molecule has 6 rings (SSSR count). The third kappa shape index (κ3) is 7.05. The fraction of sp³-hybridized carbons (Fsp3) is 0.220. The minimum atomic E-state index is 0. The van der Waals surface area contributed by atoms with Gasteiger partial charge in [-0.3, -0.25) is 0 Å². The van der Waals surface area contributed by atoms with Gasteiger partial charge >= 0.3 is 95.6 Å². The molecule has 0 radical (unpaired) electrons. The van der Waals surface area contributed by atoms with Crippen molar-refractivity contribution in [2.75, 3.05) is 0 Å². The van der Waals surface area contributed by atoms with Crippen molar-refractivity contribution in [1.29, 1.82) is 0 Å². The summed E-state index contributed by atoms with van der Waals surface area (Å²) in [6.07, 6.45) is 9.00. The molecule has 0 amide bonds. The first kappa shape index (κ1) is 33.3. The standard InChI is InChI=1S/C26H29.C13H10.2CH3.Ti/c1-25(2,3)19-11-12-20-18(15-19)16-22-21(20)13-14-23(26(4,5)6)24(22)17-9-7-8-10-17;1-3-7-12(8-4-1)11-13-9-5-2-6-10-13;;;/h7-17H,1-6H3;1-10H;2*1H3;/q-1;;2*-1;. The number of hydrogen-bond acceptors (Lipinski definition) is 0. The van der Waals surface area contributed by atoms with Gasteiger partial charge in [0.25, 0.3) is 0 Å². The van der Waals surface area contributed by atoms with Gasteiger partial charge in [0.15, 0.2) is 0 Å². The van der Waals surface area contributed by atoms with Gasteiger partial charge in [-0.05, 0) is 16.7 Å². The molecule has 5 aromatic rings. The molecule has 0 aliphatic heterocycles. The van der Waals surface area contributed by atoms with Crippen molar-refractivity contribution >= 4 is 25.4 Å². The Labute approximate surface area is 266 Å². The van der Waals surface area contributed by atoms with E-state index in [0.717, 1.165) is 0 Å². The summed E-state index contributed by atoms with van der Waals surface area (Å²) >= 11 is 2.16. The average Bonchev–Trinajstić information content (AvgIpc) is 3.60. The number of benzene rings is 4. The maximum absolute atomic E-state index is 2.42. The Morgan fingerprint density at radius 1 is 0.643 bits per heavy atom. The topological polar surface area (TPSA) is 0 Å². The van der Waals surface area contributed by atoms with Gasteiger partial charge in [0, 0.05) is 0 Å². The summed E-state index contributed by atoms with van der Waals surface area (Å²) in [6.45, 7) is 13.8. The van der Waals surface area contributed by atoms with Crippen molar-refractivity contribution < 1.29 is 20.0 Å². The molecule has 1 aliphatic rings. The van der Waals surface area contributed by atoms with Gasteiger partial charge in [-0.15, -0.1) is 33.7 Å². The summed E-state index contributed by atoms with van der Waals surface area (Å²) in [7, 11) is 0. The van der Waals surface area contributed by atoms with Crippen LogP contribution in [-0.2, 0) is 30.8 Å². The van der Waals surface area contributed by atoms with E-state index in [1.165, 1.54) is 53.2 Å². The van der Waals surface area contributed by atoms with E-state index in [2.05, 4.69) is 171 Å². The molecule has 0 saturated heterocycles. The molecule has 0 aromatic heterocycles. The SMILES string of the molecule is CC(C)(C)c1ccc2c(c1)[cH-]c1c(C3C=CC=C3)c(C(C)(C)C)ccc12.[CH3-].[CH3-].[Ti]=[C](c1ccccc1)c1ccccc1. The van der Waals surface area contributed by atoms with Crippen molar-refractivity contribution in [1.82, 2.24) is 0 Å². The van der Waals surface area contributed by atoms with Crippen LogP contribution in [0.5, 0.6) is 0 Å². The molecule has 42 heavy (non-hydrogen) atoms. The van der Waals surface area contributed by atoms with Gasteiger partial charge in [0.1, 0.15) is 0 Å². The Bertz CT molecular complexity index is 1640. The zero-order valence-corrected chi connectivity index (χ0v) is 28.2. The van der Waals surface area contributed by atoms with Gasteiger partial charge < -0.3 is 14.9 Å². The molecular formula is C41H45Ti-3. The summed E-state index contributed by atoms with van der Waals surface area (Å²) in [4.78, 5) is 0. The summed E-state index contributed by atoms with van der Waals surface area (Å²) in [5.74, 6) is 0.381. The van der Waals surface area contributed by atoms with Gasteiger partial charge in [0.2, 0.25) is 0 Å². The molecular weight excluding hydrogens is 540 g/mol. The van der Waals surface area contributed by atoms with Crippen LogP contribution in [0.1, 0.15) is 75.3 Å². The monoisotopic (exact) mass is 585 g/mol. The molecule has 5 aromatic carbocycles. The molecule has 1 heteroatoms. The second-order valence-corrected chi connectivity index (χ2v) is 13.6. The van der Waals surface area contributed by atoms with Gasteiger partial charge in [-0.2, -0.15) is 0 Å². The molecule has 0 spiro atoms. The predicted octanol–water partition coefficient (Wildman–Crippen LogP) is 11.2. The van der Waals surface area contributed by atoms with Gasteiger partial charge in [-0.1, -0.05) is 107 Å². The average molecular weight is 586 g/mol. The Kier molecular flexibility index (Phi) is 10.6. The Hall–Kier alpha value is -3.19. The third-order valence-electron chi connectivity index (χ3n) is 7.81. The maximum atomic E-state index is 2.42. The zero-order chi connectivity index (χ0) is 28.5. The van der Waals surface area contributed by atoms with Crippen LogP contribution in [0.3, 0.4) is 0 Å². The molecule has 0 atom stereocenters. The van der Waals surface area contributed by atoms with Crippen LogP contribution in [0.15, 0.2) is 121 Å². The first-order chi connectivity index (χ1) is 19.0. The van der Waals surface area contributed by atoms with Crippen LogP contribution in [0, 0.1) is 14.9 Å². The molecule has 0 nitrogen and oxygen atoms in total. The van der Waals surface area contributed by atoms with E-state index in [4.69, 9.17) is 0 Å². The van der Waals surface area contributed by atoms with Crippen molar-refractivity contribution in [2.45, 2.75) is 58.3 Å². The molecule has 0 saturated carbocycles. The van der Waals surface area contributed by atoms with E-state index in [0.29, 0.717) is 5.92 Å². The Morgan fingerprint density at radius 2 is 1.17 bits per heavy atom. The van der Waals surface area contributed by atoms with Crippen LogP contribution in [0.4, 0.5) is 0 Å². The predicted molar refractivity (Wildman–Crippen MR) is 184 cm³/mol. The Balaban J connectivity index is 0.000000258. The molecule has 0 unspecified atom stereocenters. The van der Waals surface area contributed by atoms with E-state index in [1.807, 2.05) is 12.1 Å². The van der Waals surface area contributed by atoms with E-state index in [-0.39, 0.29) is 25.7 Å². The summed E-state index contributed by atoms with van der Waals surface area (Å²) in [5.41, 5.74) is 7.23. The molecule has 0 heterocycles. The molecule has 1 aliphatic carbocycles. The fourth-order valence-corrected chi connectivity index (χ4v) is 6.11. The first-order valence-electron chi connectivity index (χ1n) is 14.3. The van der Waals surface area contributed by atoms with Crippen molar-refractivity contribution in [2.24, 2.45) is 0 Å². The Morgan fingerprint density at radius 3 is 1.67 bits per heavy atom. The van der Waals surface area contributed by atoms with Crippen molar-refractivity contribution in [3.8, 4) is 0 Å².